The average molecular weight is 193 g/mol. The Morgan fingerprint density at radius 3 is 2.36 bits per heavy atom. The number of nitrogens with one attached hydrogen (secondary N) is 1. The zero-order chi connectivity index (χ0) is 10.3. The maximum absolute atomic E-state index is 11.3. The van der Waals surface area contributed by atoms with Gasteiger partial charge in [0.1, 0.15) is 22.3 Å². The summed E-state index contributed by atoms with van der Waals surface area (Å²) in [7, 11) is 1.44. The number of carboxylic acids is 1. The second kappa shape index (κ2) is 2.73. The van der Waals surface area contributed by atoms with Crippen LogP contribution in [0.2, 0.25) is 0 Å². The van der Waals surface area contributed by atoms with Crippen molar-refractivity contribution >= 4 is 23.0 Å². The lowest BCUT2D eigenvalue weighted by molar-refractivity contribution is 0.0693. The van der Waals surface area contributed by atoms with Crippen LogP contribution in [0.25, 0.3) is 11.2 Å². The van der Waals surface area contributed by atoms with Crippen LogP contribution in [0.5, 0.6) is 0 Å². The molecular weight excluding hydrogens is 186 g/mol. The molecule has 0 radical (unpaired) electrons. The topological polar surface area (TPSA) is 79.5 Å². The molecule has 0 saturated heterocycles. The number of hydrogen-bond donors (Lipinski definition) is 2. The molecule has 2 aromatic rings. The van der Waals surface area contributed by atoms with Crippen LogP contribution in [-0.2, 0) is 0 Å². The van der Waals surface area contributed by atoms with Gasteiger partial charge in [-0.25, -0.2) is 4.79 Å². The van der Waals surface area contributed by atoms with E-state index in [4.69, 9.17) is 9.52 Å². The van der Waals surface area contributed by atoms with Gasteiger partial charge in [0, 0.05) is 7.05 Å². The molecule has 0 saturated carbocycles. The Labute approximate surface area is 78.6 Å². The highest BCUT2D eigenvalue weighted by Gasteiger charge is 2.26. The van der Waals surface area contributed by atoms with E-state index in [1.165, 1.54) is 13.1 Å². The number of carboxylic acid groups (broad SMARTS) is 1. The molecule has 0 fully saturated rings. The average Bonchev–Trinajstić information content (AvgIpc) is 2.74. The van der Waals surface area contributed by atoms with Crippen LogP contribution < -0.4 is 5.32 Å². The predicted octanol–water partition coefficient (Wildman–Crippen LogP) is 0.928. The zero-order valence-corrected chi connectivity index (χ0v) is 7.33. The molecule has 2 heterocycles. The molecule has 0 aliphatic heterocycles. The minimum absolute atomic E-state index is 0.0677. The van der Waals surface area contributed by atoms with Crippen molar-refractivity contribution in [1.82, 2.24) is 5.32 Å². The van der Waals surface area contributed by atoms with E-state index in [1.807, 2.05) is 0 Å². The quantitative estimate of drug-likeness (QED) is 0.743. The Kier molecular flexibility index (Phi) is 1.67. The standard InChI is InChI=1S/C9H7NO4/c1-10-8(11)6-4-2-3-5(14-4)7(6)9(12)13/h2-3H,1H3,(H,10,11)(H,12,13). The molecule has 1 amide bonds. The number of benzene rings is 1. The number of rotatable bonds is 2. The lowest BCUT2D eigenvalue weighted by Gasteiger charge is -1.98. The molecule has 0 aliphatic rings. The number of aromatic carboxylic acids is 1. The maximum Gasteiger partial charge on any atom is 0.340 e. The van der Waals surface area contributed by atoms with Gasteiger partial charge in [0.25, 0.3) is 5.91 Å². The molecule has 14 heavy (non-hydrogen) atoms. The molecule has 2 rings (SSSR count). The molecule has 72 valence electrons. The van der Waals surface area contributed by atoms with Gasteiger partial charge in [0.15, 0.2) is 0 Å². The van der Waals surface area contributed by atoms with Crippen molar-refractivity contribution in [3.63, 3.8) is 0 Å². The highest BCUT2D eigenvalue weighted by Crippen LogP contribution is 2.28. The van der Waals surface area contributed by atoms with E-state index in [2.05, 4.69) is 5.32 Å². The first-order valence-electron chi connectivity index (χ1n) is 3.95. The summed E-state index contributed by atoms with van der Waals surface area (Å²) in [5.74, 6) is -1.60. The third-order valence-electron chi connectivity index (χ3n) is 2.02. The second-order valence-electron chi connectivity index (χ2n) is 2.80. The number of furan rings is 2. The summed E-state index contributed by atoms with van der Waals surface area (Å²) >= 11 is 0. The molecule has 0 atom stereocenters. The van der Waals surface area contributed by atoms with Crippen molar-refractivity contribution in [2.24, 2.45) is 0 Å². The van der Waals surface area contributed by atoms with Crippen molar-refractivity contribution in [2.45, 2.75) is 0 Å². The highest BCUT2D eigenvalue weighted by molar-refractivity contribution is 6.14. The Balaban J connectivity index is 2.69. The zero-order valence-electron chi connectivity index (χ0n) is 7.33. The van der Waals surface area contributed by atoms with Crippen LogP contribution in [0.4, 0.5) is 0 Å². The first-order chi connectivity index (χ1) is 6.65. The number of carbonyl (C=O) groups is 2. The van der Waals surface area contributed by atoms with Gasteiger partial charge < -0.3 is 14.8 Å². The van der Waals surface area contributed by atoms with Crippen molar-refractivity contribution in [2.75, 3.05) is 7.05 Å². The van der Waals surface area contributed by atoms with Crippen molar-refractivity contribution in [3.8, 4) is 0 Å². The van der Waals surface area contributed by atoms with Crippen molar-refractivity contribution in [3.05, 3.63) is 23.3 Å². The van der Waals surface area contributed by atoms with Crippen LogP contribution in [0, 0.1) is 0 Å². The second-order valence-corrected chi connectivity index (χ2v) is 2.80. The van der Waals surface area contributed by atoms with Gasteiger partial charge >= 0.3 is 5.97 Å². The summed E-state index contributed by atoms with van der Waals surface area (Å²) in [6.45, 7) is 0. The Morgan fingerprint density at radius 2 is 1.86 bits per heavy atom. The third kappa shape index (κ3) is 0.953. The van der Waals surface area contributed by atoms with Gasteiger partial charge in [-0.05, 0) is 12.1 Å². The van der Waals surface area contributed by atoms with Gasteiger partial charge in [-0.1, -0.05) is 0 Å². The van der Waals surface area contributed by atoms with Crippen LogP contribution in [0.15, 0.2) is 16.5 Å². The fourth-order valence-corrected chi connectivity index (χ4v) is 1.42. The minimum atomic E-state index is -1.15. The lowest BCUT2D eigenvalue weighted by atomic mass is 10.1. The maximum atomic E-state index is 11.3. The van der Waals surface area contributed by atoms with Crippen LogP contribution >= 0.6 is 0 Å². The predicted molar refractivity (Wildman–Crippen MR) is 47.7 cm³/mol. The molecule has 0 spiro atoms. The summed E-state index contributed by atoms with van der Waals surface area (Å²) in [6, 6.07) is 3.11. The fraction of sp³-hybridized carbons (Fsp3) is 0.111. The van der Waals surface area contributed by atoms with Gasteiger partial charge in [-0.15, -0.1) is 0 Å². The van der Waals surface area contributed by atoms with Gasteiger partial charge in [0.2, 0.25) is 0 Å². The van der Waals surface area contributed by atoms with E-state index in [9.17, 15) is 9.59 Å². The fourth-order valence-electron chi connectivity index (χ4n) is 1.42. The smallest absolute Gasteiger partial charge is 0.340 e. The molecule has 0 aromatic carbocycles. The number of fused-ring (bicyclic) bond motifs is 2. The minimum Gasteiger partial charge on any atom is -0.478 e. The van der Waals surface area contributed by atoms with Crippen molar-refractivity contribution in [1.29, 1.82) is 0 Å². The summed E-state index contributed by atoms with van der Waals surface area (Å²) in [4.78, 5) is 22.2. The molecule has 2 aromatic heterocycles. The van der Waals surface area contributed by atoms with E-state index in [-0.39, 0.29) is 16.7 Å². The molecule has 5 heteroatoms. The molecule has 2 bridgehead atoms. The Hall–Kier alpha value is -2.04. The molecule has 0 unspecified atom stereocenters. The first-order valence-corrected chi connectivity index (χ1v) is 3.95. The lowest BCUT2D eigenvalue weighted by Crippen LogP contribution is -2.20. The Bertz CT molecular complexity index is 499. The van der Waals surface area contributed by atoms with E-state index in [1.54, 1.807) is 6.07 Å². The summed E-state index contributed by atoms with van der Waals surface area (Å²) in [5.41, 5.74) is 0.558. The monoisotopic (exact) mass is 193 g/mol. The summed E-state index contributed by atoms with van der Waals surface area (Å²) in [6.07, 6.45) is 0. The van der Waals surface area contributed by atoms with Gasteiger partial charge in [0.05, 0.1) is 0 Å². The van der Waals surface area contributed by atoms with E-state index in [0.717, 1.165) is 0 Å². The van der Waals surface area contributed by atoms with Crippen LogP contribution in [-0.4, -0.2) is 24.0 Å². The van der Waals surface area contributed by atoms with Crippen LogP contribution in [0.3, 0.4) is 0 Å². The van der Waals surface area contributed by atoms with E-state index >= 15 is 0 Å². The first kappa shape index (κ1) is 8.55. The largest absolute Gasteiger partial charge is 0.478 e. The van der Waals surface area contributed by atoms with Crippen molar-refractivity contribution < 1.29 is 19.1 Å². The molecule has 5 nitrogen and oxygen atoms in total. The molecule has 0 aliphatic carbocycles. The normalized spacial score (nSPS) is 10.6. The SMILES string of the molecule is CNC(=O)c1c(C(=O)O)c2ccc1o2. The van der Waals surface area contributed by atoms with E-state index < -0.39 is 11.9 Å². The third-order valence-corrected chi connectivity index (χ3v) is 2.02. The van der Waals surface area contributed by atoms with Gasteiger partial charge in [-0.3, -0.25) is 4.79 Å². The highest BCUT2D eigenvalue weighted by atomic mass is 16.4. The summed E-state index contributed by atoms with van der Waals surface area (Å²) in [5, 5.41) is 11.2. The number of hydrogen-bond acceptors (Lipinski definition) is 3. The van der Waals surface area contributed by atoms with Gasteiger partial charge in [-0.2, -0.15) is 0 Å². The molecular formula is C9H7NO4. The Morgan fingerprint density at radius 1 is 1.29 bits per heavy atom. The summed E-state index contributed by atoms with van der Waals surface area (Å²) < 4.78 is 5.09. The number of amides is 1. The van der Waals surface area contributed by atoms with Crippen LogP contribution in [0.1, 0.15) is 20.7 Å². The molecule has 2 N–H and O–H groups in total. The van der Waals surface area contributed by atoms with E-state index in [0.29, 0.717) is 5.58 Å². The number of carbonyl (C=O) groups excluding carboxylic acids is 1.